The summed E-state index contributed by atoms with van der Waals surface area (Å²) in [5.74, 6) is -3.12. The molecule has 0 atom stereocenters. The van der Waals surface area contributed by atoms with Crippen LogP contribution in [0.4, 0.5) is 14.5 Å². The molecule has 8 nitrogen and oxygen atoms in total. The number of anilines is 1. The number of amides is 1. The Labute approximate surface area is 159 Å². The van der Waals surface area contributed by atoms with Crippen molar-refractivity contribution in [2.45, 2.75) is 38.7 Å². The highest BCUT2D eigenvalue weighted by Gasteiger charge is 2.43. The Bertz CT molecular complexity index is 761. The second-order valence-electron chi connectivity index (χ2n) is 6.44. The Morgan fingerprint density at radius 3 is 2.32 bits per heavy atom. The molecule has 0 radical (unpaired) electrons. The van der Waals surface area contributed by atoms with Crippen LogP contribution in [-0.2, 0) is 14.3 Å². The van der Waals surface area contributed by atoms with Gasteiger partial charge in [0, 0.05) is 18.6 Å². The normalized spacial score (nSPS) is 15.2. The summed E-state index contributed by atoms with van der Waals surface area (Å²) in [5, 5.41) is 11.9. The number of rotatable bonds is 8. The molecule has 0 spiro atoms. The summed E-state index contributed by atoms with van der Waals surface area (Å²) in [7, 11) is 2.31. The zero-order valence-corrected chi connectivity index (χ0v) is 15.4. The van der Waals surface area contributed by atoms with Gasteiger partial charge in [-0.25, -0.2) is 4.79 Å². The Kier molecular flexibility index (Phi) is 6.76. The molecule has 1 amide bonds. The zero-order valence-electron chi connectivity index (χ0n) is 15.4. The fourth-order valence-corrected chi connectivity index (χ4v) is 3.31. The smallest absolute Gasteiger partial charge is 0.387 e. The maximum absolute atomic E-state index is 12.6. The van der Waals surface area contributed by atoms with Crippen LogP contribution in [0.2, 0.25) is 0 Å². The lowest BCUT2D eigenvalue weighted by Crippen LogP contribution is -2.33. The number of hydrogen-bond acceptors (Lipinski definition) is 6. The van der Waals surface area contributed by atoms with Gasteiger partial charge >= 0.3 is 18.6 Å². The van der Waals surface area contributed by atoms with Crippen LogP contribution < -0.4 is 14.8 Å². The van der Waals surface area contributed by atoms with E-state index in [1.807, 2.05) is 0 Å². The zero-order chi connectivity index (χ0) is 20.9. The minimum atomic E-state index is -3.16. The third kappa shape index (κ3) is 4.68. The number of halogens is 2. The number of aliphatic carboxylic acids is 1. The molecule has 10 heteroatoms. The van der Waals surface area contributed by atoms with Gasteiger partial charge in [-0.1, -0.05) is 12.8 Å². The van der Waals surface area contributed by atoms with Crippen molar-refractivity contribution in [2.75, 3.05) is 19.5 Å². The van der Waals surface area contributed by atoms with E-state index in [1.165, 1.54) is 7.11 Å². The van der Waals surface area contributed by atoms with Crippen LogP contribution in [-0.4, -0.2) is 43.8 Å². The van der Waals surface area contributed by atoms with Gasteiger partial charge in [-0.15, -0.1) is 0 Å². The molecule has 0 saturated heterocycles. The first-order valence-electron chi connectivity index (χ1n) is 8.51. The van der Waals surface area contributed by atoms with Crippen LogP contribution in [0, 0.1) is 5.41 Å². The number of methoxy groups -OCH3 is 2. The maximum atomic E-state index is 12.6. The SMILES string of the molecule is COC(=O)c1cc(OC)c(OC(F)F)cc1NC(=O)CC1(C(=O)O)CCCC1. The second kappa shape index (κ2) is 8.85. The summed E-state index contributed by atoms with van der Waals surface area (Å²) in [6.07, 6.45) is 1.81. The lowest BCUT2D eigenvalue weighted by Gasteiger charge is -2.23. The number of alkyl halides is 2. The number of carboxylic acid groups (broad SMARTS) is 1. The number of carbonyl (C=O) groups is 3. The van der Waals surface area contributed by atoms with Gasteiger partial charge in [-0.2, -0.15) is 8.78 Å². The summed E-state index contributed by atoms with van der Waals surface area (Å²) in [5.41, 5.74) is -1.47. The van der Waals surface area contributed by atoms with Crippen LogP contribution >= 0.6 is 0 Å². The number of nitrogens with one attached hydrogen (secondary N) is 1. The summed E-state index contributed by atoms with van der Waals surface area (Å²) < 4.78 is 39.2. The molecule has 1 fully saturated rings. The molecule has 2 N–H and O–H groups in total. The molecule has 0 aliphatic heterocycles. The lowest BCUT2D eigenvalue weighted by atomic mass is 9.82. The average Bonchev–Trinajstić information content (AvgIpc) is 3.10. The van der Waals surface area contributed by atoms with E-state index in [2.05, 4.69) is 14.8 Å². The highest BCUT2D eigenvalue weighted by Crippen LogP contribution is 2.42. The van der Waals surface area contributed by atoms with E-state index in [-0.39, 0.29) is 23.4 Å². The van der Waals surface area contributed by atoms with E-state index in [9.17, 15) is 28.3 Å². The Hall–Kier alpha value is -2.91. The van der Waals surface area contributed by atoms with Crippen LogP contribution in [0.3, 0.4) is 0 Å². The Morgan fingerprint density at radius 1 is 1.18 bits per heavy atom. The van der Waals surface area contributed by atoms with Crippen LogP contribution in [0.1, 0.15) is 42.5 Å². The highest BCUT2D eigenvalue weighted by atomic mass is 19.3. The van der Waals surface area contributed by atoms with E-state index in [1.54, 1.807) is 0 Å². The molecule has 0 aromatic heterocycles. The second-order valence-corrected chi connectivity index (χ2v) is 6.44. The van der Waals surface area contributed by atoms with E-state index in [0.717, 1.165) is 19.2 Å². The fourth-order valence-electron chi connectivity index (χ4n) is 3.31. The molecule has 2 rings (SSSR count). The summed E-state index contributed by atoms with van der Waals surface area (Å²) in [6, 6.07) is 2.11. The van der Waals surface area contributed by atoms with Crippen LogP contribution in [0.5, 0.6) is 11.5 Å². The number of benzene rings is 1. The summed E-state index contributed by atoms with van der Waals surface area (Å²) in [4.78, 5) is 36.1. The van der Waals surface area contributed by atoms with Crippen molar-refractivity contribution in [3.05, 3.63) is 17.7 Å². The number of carbonyl (C=O) groups excluding carboxylic acids is 2. The van der Waals surface area contributed by atoms with Crippen molar-refractivity contribution < 1.29 is 42.5 Å². The number of esters is 1. The first-order chi connectivity index (χ1) is 13.2. The van der Waals surface area contributed by atoms with Gasteiger partial charge in [0.25, 0.3) is 0 Å². The predicted molar refractivity (Wildman–Crippen MR) is 92.7 cm³/mol. The topological polar surface area (TPSA) is 111 Å². The monoisotopic (exact) mass is 401 g/mol. The molecule has 1 aromatic rings. The van der Waals surface area contributed by atoms with Gasteiger partial charge in [-0.3, -0.25) is 9.59 Å². The third-order valence-electron chi connectivity index (χ3n) is 4.71. The van der Waals surface area contributed by atoms with Crippen molar-refractivity contribution in [3.63, 3.8) is 0 Å². The Morgan fingerprint density at radius 2 is 1.82 bits per heavy atom. The quantitative estimate of drug-likeness (QED) is 0.644. The summed E-state index contributed by atoms with van der Waals surface area (Å²) >= 11 is 0. The van der Waals surface area contributed by atoms with Crippen molar-refractivity contribution in [3.8, 4) is 11.5 Å². The average molecular weight is 401 g/mol. The van der Waals surface area contributed by atoms with Crippen molar-refractivity contribution in [1.29, 1.82) is 0 Å². The van der Waals surface area contributed by atoms with Crippen LogP contribution in [0.25, 0.3) is 0 Å². The molecule has 1 aromatic carbocycles. The first-order valence-corrected chi connectivity index (χ1v) is 8.51. The third-order valence-corrected chi connectivity index (χ3v) is 4.71. The molecule has 28 heavy (non-hydrogen) atoms. The van der Waals surface area contributed by atoms with Gasteiger partial charge in [0.2, 0.25) is 5.91 Å². The standard InChI is InChI=1S/C18H21F2NO7/c1-26-12-7-10(15(23)27-2)11(8-13(12)28-17(19)20)21-14(22)9-18(16(24)25)5-3-4-6-18/h7-8,17H,3-6,9H2,1-2H3,(H,21,22)(H,24,25). The van der Waals surface area contributed by atoms with E-state index < -0.39 is 35.6 Å². The van der Waals surface area contributed by atoms with Gasteiger partial charge < -0.3 is 24.6 Å². The van der Waals surface area contributed by atoms with Crippen LogP contribution in [0.15, 0.2) is 12.1 Å². The number of hydrogen-bond donors (Lipinski definition) is 2. The predicted octanol–water partition coefficient (Wildman–Crippen LogP) is 3.06. The minimum Gasteiger partial charge on any atom is -0.493 e. The van der Waals surface area contributed by atoms with Crippen molar-refractivity contribution in [2.24, 2.45) is 5.41 Å². The largest absolute Gasteiger partial charge is 0.493 e. The van der Waals surface area contributed by atoms with E-state index in [0.29, 0.717) is 25.7 Å². The maximum Gasteiger partial charge on any atom is 0.387 e. The Balaban J connectivity index is 2.34. The van der Waals surface area contributed by atoms with Crippen molar-refractivity contribution >= 4 is 23.5 Å². The molecule has 0 unspecified atom stereocenters. The summed E-state index contributed by atoms with van der Waals surface area (Å²) in [6.45, 7) is -3.16. The molecular formula is C18H21F2NO7. The van der Waals surface area contributed by atoms with Crippen molar-refractivity contribution in [1.82, 2.24) is 0 Å². The molecule has 0 heterocycles. The molecule has 154 valence electrons. The van der Waals surface area contributed by atoms with Gasteiger partial charge in [-0.05, 0) is 12.8 Å². The van der Waals surface area contributed by atoms with E-state index >= 15 is 0 Å². The lowest BCUT2D eigenvalue weighted by molar-refractivity contribution is -0.150. The first kappa shape index (κ1) is 21.4. The van der Waals surface area contributed by atoms with Gasteiger partial charge in [0.15, 0.2) is 11.5 Å². The highest BCUT2D eigenvalue weighted by molar-refractivity contribution is 6.03. The molecular weight excluding hydrogens is 380 g/mol. The van der Waals surface area contributed by atoms with Gasteiger partial charge in [0.05, 0.1) is 30.9 Å². The molecule has 1 aliphatic rings. The number of carboxylic acids is 1. The molecule has 1 aliphatic carbocycles. The fraction of sp³-hybridized carbons (Fsp3) is 0.500. The minimum absolute atomic E-state index is 0.146. The molecule has 1 saturated carbocycles. The molecule has 0 bridgehead atoms. The number of ether oxygens (including phenoxy) is 3. The van der Waals surface area contributed by atoms with Gasteiger partial charge in [0.1, 0.15) is 0 Å². The van der Waals surface area contributed by atoms with E-state index in [4.69, 9.17) is 4.74 Å².